The highest BCUT2D eigenvalue weighted by Gasteiger charge is 2.04. The van der Waals surface area contributed by atoms with E-state index in [-0.39, 0.29) is 6.04 Å². The average molecular weight is 188 g/mol. The Morgan fingerprint density at radius 3 is 2.50 bits per heavy atom. The zero-order chi connectivity index (χ0) is 10.4. The van der Waals surface area contributed by atoms with Gasteiger partial charge in [-0.3, -0.25) is 0 Å². The van der Waals surface area contributed by atoms with Crippen molar-refractivity contribution in [2.75, 3.05) is 0 Å². The summed E-state index contributed by atoms with van der Waals surface area (Å²) >= 11 is 0. The summed E-state index contributed by atoms with van der Waals surface area (Å²) < 4.78 is 0. The molecule has 0 aliphatic heterocycles. The van der Waals surface area contributed by atoms with Gasteiger partial charge < -0.3 is 5.73 Å². The van der Waals surface area contributed by atoms with E-state index >= 15 is 0 Å². The summed E-state index contributed by atoms with van der Waals surface area (Å²) in [4.78, 5) is 0. The Balaban J connectivity index is 2.62. The molecule has 1 aromatic carbocycles. The van der Waals surface area contributed by atoms with Crippen molar-refractivity contribution in [2.24, 2.45) is 5.73 Å². The van der Waals surface area contributed by atoms with Crippen molar-refractivity contribution in [3.05, 3.63) is 35.4 Å². The van der Waals surface area contributed by atoms with Gasteiger partial charge in [-0.25, -0.2) is 0 Å². The predicted octanol–water partition coefficient (Wildman–Crippen LogP) is 2.55. The molecule has 2 heteroatoms. The number of nitrogens with zero attached hydrogens (tertiary/aromatic N) is 1. The molecule has 2 N–H and O–H groups in total. The van der Waals surface area contributed by atoms with Crippen LogP contribution in [0.25, 0.3) is 0 Å². The molecule has 0 bridgehead atoms. The van der Waals surface area contributed by atoms with Gasteiger partial charge in [0.15, 0.2) is 0 Å². The first kappa shape index (κ1) is 10.7. The lowest BCUT2D eigenvalue weighted by molar-refractivity contribution is 0.665. The first-order valence-corrected chi connectivity index (χ1v) is 4.99. The summed E-state index contributed by atoms with van der Waals surface area (Å²) in [6, 6.07) is 10.4. The molecule has 0 spiro atoms. The molecule has 0 aliphatic rings. The van der Waals surface area contributed by atoms with Gasteiger partial charge in [-0.05, 0) is 24.0 Å². The van der Waals surface area contributed by atoms with Crippen molar-refractivity contribution >= 4 is 0 Å². The van der Waals surface area contributed by atoms with Crippen LogP contribution in [0, 0.1) is 11.3 Å². The maximum absolute atomic E-state index is 8.44. The summed E-state index contributed by atoms with van der Waals surface area (Å²) in [7, 11) is 0. The van der Waals surface area contributed by atoms with Gasteiger partial charge in [-0.1, -0.05) is 31.2 Å². The summed E-state index contributed by atoms with van der Waals surface area (Å²) in [5.41, 5.74) is 8.36. The van der Waals surface area contributed by atoms with Gasteiger partial charge in [0.1, 0.15) is 0 Å². The first-order valence-electron chi connectivity index (χ1n) is 4.99. The van der Waals surface area contributed by atoms with Crippen LogP contribution < -0.4 is 5.73 Å². The molecule has 0 aromatic heterocycles. The Morgan fingerprint density at radius 1 is 1.36 bits per heavy atom. The van der Waals surface area contributed by atoms with E-state index in [1.807, 2.05) is 0 Å². The molecule has 1 aromatic rings. The van der Waals surface area contributed by atoms with Crippen molar-refractivity contribution in [1.82, 2.24) is 0 Å². The summed E-state index contributed by atoms with van der Waals surface area (Å²) in [6.07, 6.45) is 2.31. The van der Waals surface area contributed by atoms with Crippen molar-refractivity contribution in [3.63, 3.8) is 0 Å². The Labute approximate surface area is 85.4 Å². The zero-order valence-electron chi connectivity index (χ0n) is 8.53. The molecule has 14 heavy (non-hydrogen) atoms. The monoisotopic (exact) mass is 188 g/mol. The molecule has 1 atom stereocenters. The maximum atomic E-state index is 8.44. The molecule has 0 radical (unpaired) electrons. The lowest BCUT2D eigenvalue weighted by Crippen LogP contribution is -2.09. The molecule has 0 heterocycles. The molecule has 0 saturated carbocycles. The largest absolute Gasteiger partial charge is 0.324 e. The standard InChI is InChI=1S/C12H16N2/c1-2-10-5-7-11(8-6-10)12(14)4-3-9-13/h5-8,12H,2-4,14H2,1H3. The normalized spacial score (nSPS) is 12.1. The molecular weight excluding hydrogens is 172 g/mol. The highest BCUT2D eigenvalue weighted by Crippen LogP contribution is 2.16. The lowest BCUT2D eigenvalue weighted by atomic mass is 10.0. The summed E-state index contributed by atoms with van der Waals surface area (Å²) in [5, 5.41) is 8.44. The van der Waals surface area contributed by atoms with Crippen LogP contribution in [0.15, 0.2) is 24.3 Å². The van der Waals surface area contributed by atoms with Crippen molar-refractivity contribution in [2.45, 2.75) is 32.2 Å². The average Bonchev–Trinajstić information content (AvgIpc) is 2.26. The van der Waals surface area contributed by atoms with E-state index in [1.54, 1.807) is 0 Å². The second-order valence-electron chi connectivity index (χ2n) is 3.40. The maximum Gasteiger partial charge on any atom is 0.0622 e. The van der Waals surface area contributed by atoms with E-state index in [2.05, 4.69) is 37.3 Å². The van der Waals surface area contributed by atoms with Crippen molar-refractivity contribution < 1.29 is 0 Å². The molecule has 74 valence electrons. The van der Waals surface area contributed by atoms with E-state index in [0.29, 0.717) is 6.42 Å². The molecule has 1 rings (SSSR count). The van der Waals surface area contributed by atoms with Gasteiger partial charge in [0, 0.05) is 12.5 Å². The Hall–Kier alpha value is -1.33. The van der Waals surface area contributed by atoms with E-state index in [4.69, 9.17) is 11.0 Å². The molecule has 2 nitrogen and oxygen atoms in total. The molecule has 0 fully saturated rings. The van der Waals surface area contributed by atoms with Crippen LogP contribution >= 0.6 is 0 Å². The quantitative estimate of drug-likeness (QED) is 0.789. The Kier molecular flexibility index (Phi) is 4.15. The number of hydrogen-bond donors (Lipinski definition) is 1. The first-order chi connectivity index (χ1) is 6.77. The van der Waals surface area contributed by atoms with Gasteiger partial charge in [0.2, 0.25) is 0 Å². The van der Waals surface area contributed by atoms with Crippen LogP contribution in [0.4, 0.5) is 0 Å². The smallest absolute Gasteiger partial charge is 0.0622 e. The topological polar surface area (TPSA) is 49.8 Å². The SMILES string of the molecule is CCc1ccc(C(N)CCC#N)cc1. The van der Waals surface area contributed by atoms with Crippen LogP contribution in [0.5, 0.6) is 0 Å². The third-order valence-electron chi connectivity index (χ3n) is 2.38. The van der Waals surface area contributed by atoms with Crippen LogP contribution in [0.3, 0.4) is 0 Å². The van der Waals surface area contributed by atoms with E-state index < -0.39 is 0 Å². The number of hydrogen-bond acceptors (Lipinski definition) is 2. The van der Waals surface area contributed by atoms with Gasteiger partial charge in [0.05, 0.1) is 6.07 Å². The summed E-state index contributed by atoms with van der Waals surface area (Å²) in [6.45, 7) is 2.13. The fourth-order valence-corrected chi connectivity index (χ4v) is 1.39. The van der Waals surface area contributed by atoms with Gasteiger partial charge >= 0.3 is 0 Å². The predicted molar refractivity (Wildman–Crippen MR) is 57.6 cm³/mol. The Bertz CT molecular complexity index is 308. The number of nitrogens with two attached hydrogens (primary N) is 1. The second kappa shape index (κ2) is 5.41. The lowest BCUT2D eigenvalue weighted by Gasteiger charge is -2.10. The third kappa shape index (κ3) is 2.86. The number of benzene rings is 1. The number of nitriles is 1. The summed E-state index contributed by atoms with van der Waals surface area (Å²) in [5.74, 6) is 0. The van der Waals surface area contributed by atoms with Gasteiger partial charge in [0.25, 0.3) is 0 Å². The van der Waals surface area contributed by atoms with Crippen LogP contribution in [-0.4, -0.2) is 0 Å². The number of rotatable bonds is 4. The van der Waals surface area contributed by atoms with E-state index in [0.717, 1.165) is 18.4 Å². The number of aryl methyl sites for hydroxylation is 1. The highest BCUT2D eigenvalue weighted by atomic mass is 14.6. The molecule has 0 aliphatic carbocycles. The minimum atomic E-state index is 0.000515. The van der Waals surface area contributed by atoms with Crippen molar-refractivity contribution in [3.8, 4) is 6.07 Å². The third-order valence-corrected chi connectivity index (χ3v) is 2.38. The van der Waals surface area contributed by atoms with Crippen LogP contribution in [0.1, 0.15) is 36.9 Å². The van der Waals surface area contributed by atoms with E-state index in [9.17, 15) is 0 Å². The Morgan fingerprint density at radius 2 is 2.00 bits per heavy atom. The van der Waals surface area contributed by atoms with E-state index in [1.165, 1.54) is 5.56 Å². The molecule has 0 saturated heterocycles. The minimum absolute atomic E-state index is 0.000515. The van der Waals surface area contributed by atoms with Crippen molar-refractivity contribution in [1.29, 1.82) is 5.26 Å². The fourth-order valence-electron chi connectivity index (χ4n) is 1.39. The van der Waals surface area contributed by atoms with Crippen LogP contribution in [-0.2, 0) is 6.42 Å². The molecule has 0 amide bonds. The highest BCUT2D eigenvalue weighted by molar-refractivity contribution is 5.24. The fraction of sp³-hybridized carbons (Fsp3) is 0.417. The van der Waals surface area contributed by atoms with Gasteiger partial charge in [-0.15, -0.1) is 0 Å². The minimum Gasteiger partial charge on any atom is -0.324 e. The van der Waals surface area contributed by atoms with Gasteiger partial charge in [-0.2, -0.15) is 5.26 Å². The second-order valence-corrected chi connectivity index (χ2v) is 3.40. The zero-order valence-corrected chi connectivity index (χ0v) is 8.53. The molecular formula is C12H16N2. The molecule has 1 unspecified atom stereocenters. The van der Waals surface area contributed by atoms with Crippen LogP contribution in [0.2, 0.25) is 0 Å².